The first-order valence-corrected chi connectivity index (χ1v) is 11.0. The smallest absolute Gasteiger partial charge is 0.332 e. The van der Waals surface area contributed by atoms with E-state index in [1.807, 2.05) is 31.2 Å². The van der Waals surface area contributed by atoms with E-state index in [0.29, 0.717) is 29.9 Å². The van der Waals surface area contributed by atoms with E-state index in [2.05, 4.69) is 10.1 Å². The molecule has 3 heterocycles. The Labute approximate surface area is 189 Å². The lowest BCUT2D eigenvalue weighted by Crippen LogP contribution is -2.42. The third-order valence-corrected chi connectivity index (χ3v) is 5.73. The Hall–Kier alpha value is -3.72. The van der Waals surface area contributed by atoms with Gasteiger partial charge in [-0.15, -0.1) is 0 Å². The molecule has 0 saturated carbocycles. The summed E-state index contributed by atoms with van der Waals surface area (Å²) >= 11 is 0. The zero-order chi connectivity index (χ0) is 22.8. The number of para-hydroxylation sites is 1. The average Bonchev–Trinajstić information content (AvgIpc) is 3.53. The molecule has 33 heavy (non-hydrogen) atoms. The van der Waals surface area contributed by atoms with Crippen LogP contribution in [0, 0.1) is 0 Å². The van der Waals surface area contributed by atoms with Crippen LogP contribution in [0.1, 0.15) is 25.7 Å². The molecule has 2 aromatic heterocycles. The van der Waals surface area contributed by atoms with Crippen LogP contribution in [0.2, 0.25) is 0 Å². The minimum absolute atomic E-state index is 0.0508. The predicted molar refractivity (Wildman–Crippen MR) is 121 cm³/mol. The van der Waals surface area contributed by atoms with Crippen LogP contribution in [0.25, 0.3) is 22.3 Å². The van der Waals surface area contributed by atoms with Gasteiger partial charge in [-0.1, -0.05) is 17.3 Å². The summed E-state index contributed by atoms with van der Waals surface area (Å²) in [6, 6.07) is 14.4. The second-order valence-electron chi connectivity index (χ2n) is 7.91. The number of ether oxygens (including phenoxy) is 2. The van der Waals surface area contributed by atoms with Crippen LogP contribution in [0.4, 0.5) is 0 Å². The summed E-state index contributed by atoms with van der Waals surface area (Å²) in [6.45, 7) is 3.44. The van der Waals surface area contributed by atoms with E-state index in [9.17, 15) is 9.59 Å². The summed E-state index contributed by atoms with van der Waals surface area (Å²) in [6.07, 6.45) is 1.62. The Morgan fingerprint density at radius 1 is 1.09 bits per heavy atom. The van der Waals surface area contributed by atoms with E-state index < -0.39 is 5.69 Å². The summed E-state index contributed by atoms with van der Waals surface area (Å²) in [5.41, 5.74) is 0.559. The van der Waals surface area contributed by atoms with Crippen molar-refractivity contribution in [3.05, 3.63) is 75.3 Å². The SMILES string of the molecule is CCOc1ccc(-c2noc(Cn3c(=O)n(C[C@H]4CCCO4)c(=O)c4ccccc43)n2)cc1. The van der Waals surface area contributed by atoms with E-state index in [1.54, 1.807) is 24.3 Å². The highest BCUT2D eigenvalue weighted by Crippen LogP contribution is 2.20. The van der Waals surface area contributed by atoms with Gasteiger partial charge in [-0.3, -0.25) is 13.9 Å². The number of hydrogen-bond acceptors (Lipinski definition) is 7. The largest absolute Gasteiger partial charge is 0.494 e. The Morgan fingerprint density at radius 2 is 1.91 bits per heavy atom. The molecule has 0 N–H and O–H groups in total. The molecule has 0 radical (unpaired) electrons. The van der Waals surface area contributed by atoms with E-state index in [-0.39, 0.29) is 30.6 Å². The molecular formula is C24H24N4O5. The molecule has 1 aliphatic heterocycles. The Kier molecular flexibility index (Phi) is 5.78. The highest BCUT2D eigenvalue weighted by molar-refractivity contribution is 5.77. The van der Waals surface area contributed by atoms with E-state index in [4.69, 9.17) is 14.0 Å². The molecule has 5 rings (SSSR count). The van der Waals surface area contributed by atoms with Gasteiger partial charge in [-0.05, 0) is 56.2 Å². The number of nitrogens with zero attached hydrogens (tertiary/aromatic N) is 4. The molecule has 0 spiro atoms. The highest BCUT2D eigenvalue weighted by atomic mass is 16.5. The predicted octanol–water partition coefficient (Wildman–Crippen LogP) is 2.84. The van der Waals surface area contributed by atoms with Gasteiger partial charge in [-0.25, -0.2) is 4.79 Å². The minimum Gasteiger partial charge on any atom is -0.494 e. The first-order chi connectivity index (χ1) is 16.1. The van der Waals surface area contributed by atoms with Crippen molar-refractivity contribution in [3.8, 4) is 17.1 Å². The van der Waals surface area contributed by atoms with Gasteiger partial charge < -0.3 is 14.0 Å². The van der Waals surface area contributed by atoms with Crippen molar-refractivity contribution < 1.29 is 14.0 Å². The van der Waals surface area contributed by atoms with Gasteiger partial charge in [0, 0.05) is 12.2 Å². The summed E-state index contributed by atoms with van der Waals surface area (Å²) in [7, 11) is 0. The maximum atomic E-state index is 13.3. The van der Waals surface area contributed by atoms with Crippen molar-refractivity contribution in [2.45, 2.75) is 39.0 Å². The Balaban J connectivity index is 1.50. The molecule has 1 aliphatic rings. The lowest BCUT2D eigenvalue weighted by atomic mass is 10.2. The van der Waals surface area contributed by atoms with Crippen LogP contribution < -0.4 is 16.0 Å². The summed E-state index contributed by atoms with van der Waals surface area (Å²) < 4.78 is 19.3. The molecule has 0 amide bonds. The summed E-state index contributed by atoms with van der Waals surface area (Å²) in [4.78, 5) is 30.8. The van der Waals surface area contributed by atoms with Crippen LogP contribution in [0.5, 0.6) is 5.75 Å². The van der Waals surface area contributed by atoms with Gasteiger partial charge in [0.15, 0.2) is 0 Å². The minimum atomic E-state index is -0.421. The standard InChI is InChI=1S/C24H24N4O5/c1-2-31-17-11-9-16(10-12-17)22-25-21(33-26-22)15-27-20-8-4-3-7-19(20)23(29)28(24(27)30)14-18-6-5-13-32-18/h3-4,7-12,18H,2,5-6,13-15H2,1H3/t18-/m1/s1. The zero-order valence-corrected chi connectivity index (χ0v) is 18.3. The summed E-state index contributed by atoms with van der Waals surface area (Å²) in [5, 5.41) is 4.52. The molecule has 1 atom stereocenters. The second kappa shape index (κ2) is 9.03. The topological polar surface area (TPSA) is 101 Å². The third-order valence-electron chi connectivity index (χ3n) is 5.73. The number of hydrogen-bond donors (Lipinski definition) is 0. The summed E-state index contributed by atoms with van der Waals surface area (Å²) in [5.74, 6) is 1.45. The van der Waals surface area contributed by atoms with E-state index in [0.717, 1.165) is 24.2 Å². The average molecular weight is 448 g/mol. The van der Waals surface area contributed by atoms with Gasteiger partial charge in [0.25, 0.3) is 5.56 Å². The fraction of sp³-hybridized carbons (Fsp3) is 0.333. The number of fused-ring (bicyclic) bond motifs is 1. The molecule has 0 unspecified atom stereocenters. The van der Waals surface area contributed by atoms with Crippen LogP contribution >= 0.6 is 0 Å². The second-order valence-corrected chi connectivity index (χ2v) is 7.91. The normalized spacial score (nSPS) is 15.8. The van der Waals surface area contributed by atoms with Crippen molar-refractivity contribution in [2.24, 2.45) is 0 Å². The molecule has 1 fully saturated rings. The number of benzene rings is 2. The van der Waals surface area contributed by atoms with Crippen molar-refractivity contribution >= 4 is 10.9 Å². The highest BCUT2D eigenvalue weighted by Gasteiger charge is 2.21. The van der Waals surface area contributed by atoms with E-state index in [1.165, 1.54) is 9.13 Å². The molecule has 170 valence electrons. The van der Waals surface area contributed by atoms with Crippen molar-refractivity contribution in [1.29, 1.82) is 0 Å². The molecule has 0 aliphatic carbocycles. The van der Waals surface area contributed by atoms with Crippen molar-refractivity contribution in [2.75, 3.05) is 13.2 Å². The van der Waals surface area contributed by atoms with E-state index >= 15 is 0 Å². The molecule has 9 nitrogen and oxygen atoms in total. The molecular weight excluding hydrogens is 424 g/mol. The first kappa shape index (κ1) is 21.1. The van der Waals surface area contributed by atoms with Crippen molar-refractivity contribution in [3.63, 3.8) is 0 Å². The molecule has 4 aromatic rings. The maximum Gasteiger partial charge on any atom is 0.332 e. The fourth-order valence-corrected chi connectivity index (χ4v) is 4.12. The number of aromatic nitrogens is 4. The lowest BCUT2D eigenvalue weighted by Gasteiger charge is -2.15. The molecule has 9 heteroatoms. The molecule has 1 saturated heterocycles. The van der Waals surface area contributed by atoms with Gasteiger partial charge >= 0.3 is 5.69 Å². The van der Waals surface area contributed by atoms with Crippen LogP contribution in [-0.2, 0) is 17.8 Å². The first-order valence-electron chi connectivity index (χ1n) is 11.0. The monoisotopic (exact) mass is 448 g/mol. The van der Waals surface area contributed by atoms with Gasteiger partial charge in [-0.2, -0.15) is 4.98 Å². The van der Waals surface area contributed by atoms with Crippen molar-refractivity contribution in [1.82, 2.24) is 19.3 Å². The maximum absolute atomic E-state index is 13.3. The number of rotatable bonds is 7. The fourth-order valence-electron chi connectivity index (χ4n) is 4.12. The third kappa shape index (κ3) is 4.19. The molecule has 0 bridgehead atoms. The Bertz CT molecular complexity index is 1380. The lowest BCUT2D eigenvalue weighted by molar-refractivity contribution is 0.0948. The molecule has 2 aromatic carbocycles. The zero-order valence-electron chi connectivity index (χ0n) is 18.3. The Morgan fingerprint density at radius 3 is 2.67 bits per heavy atom. The van der Waals surface area contributed by atoms with Gasteiger partial charge in [0.1, 0.15) is 12.3 Å². The van der Waals surface area contributed by atoms with Crippen LogP contribution in [0.15, 0.2) is 62.6 Å². The van der Waals surface area contributed by atoms with Crippen LogP contribution in [0.3, 0.4) is 0 Å². The van der Waals surface area contributed by atoms with Gasteiger partial charge in [0.2, 0.25) is 11.7 Å². The van der Waals surface area contributed by atoms with Crippen LogP contribution in [-0.4, -0.2) is 38.6 Å². The van der Waals surface area contributed by atoms with Gasteiger partial charge in [0.05, 0.1) is 30.2 Å². The quantitative estimate of drug-likeness (QED) is 0.428.